The van der Waals surface area contributed by atoms with E-state index < -0.39 is 0 Å². The van der Waals surface area contributed by atoms with E-state index in [1.165, 1.54) is 6.07 Å². The van der Waals surface area contributed by atoms with Crippen LogP contribution >= 0.6 is 15.9 Å². The van der Waals surface area contributed by atoms with Crippen molar-refractivity contribution in [3.63, 3.8) is 0 Å². The molecule has 3 rings (SSSR count). The molecule has 0 aliphatic carbocycles. The number of amides is 2. The van der Waals surface area contributed by atoms with Crippen molar-refractivity contribution in [1.82, 2.24) is 5.32 Å². The van der Waals surface area contributed by atoms with Crippen LogP contribution in [0.5, 0.6) is 5.75 Å². The van der Waals surface area contributed by atoms with Crippen LogP contribution in [0.25, 0.3) is 0 Å². The lowest BCUT2D eigenvalue weighted by atomic mass is 10.1. The van der Waals surface area contributed by atoms with Gasteiger partial charge >= 0.3 is 0 Å². The van der Waals surface area contributed by atoms with E-state index in [2.05, 4.69) is 26.6 Å². The molecule has 2 amide bonds. The molecule has 0 radical (unpaired) electrons. The predicted octanol–water partition coefficient (Wildman–Crippen LogP) is 2.89. The van der Waals surface area contributed by atoms with Crippen LogP contribution in [0.15, 0.2) is 40.9 Å². The summed E-state index contributed by atoms with van der Waals surface area (Å²) in [7, 11) is 0. The van der Waals surface area contributed by atoms with E-state index in [0.717, 1.165) is 5.56 Å². The number of nitrogens with one attached hydrogen (secondary N) is 2. The highest BCUT2D eigenvalue weighted by Crippen LogP contribution is 2.28. The van der Waals surface area contributed by atoms with Crippen LogP contribution in [0.3, 0.4) is 0 Å². The van der Waals surface area contributed by atoms with Gasteiger partial charge in [-0.15, -0.1) is 0 Å². The number of anilines is 1. The summed E-state index contributed by atoms with van der Waals surface area (Å²) in [5.41, 5.74) is 1.92. The minimum absolute atomic E-state index is 0.0580. The van der Waals surface area contributed by atoms with Crippen molar-refractivity contribution in [2.45, 2.75) is 6.42 Å². The molecule has 0 bridgehead atoms. The third-order valence-corrected chi connectivity index (χ3v) is 4.17. The van der Waals surface area contributed by atoms with Crippen LogP contribution in [0, 0.1) is 5.82 Å². The van der Waals surface area contributed by atoms with Gasteiger partial charge in [-0.2, -0.15) is 0 Å². The maximum Gasteiger partial charge on any atom is 0.262 e. The average Bonchev–Trinajstić information content (AvgIpc) is 2.57. The highest BCUT2D eigenvalue weighted by molar-refractivity contribution is 9.10. The van der Waals surface area contributed by atoms with Crippen molar-refractivity contribution in [2.24, 2.45) is 0 Å². The van der Waals surface area contributed by atoms with Crippen molar-refractivity contribution in [2.75, 3.05) is 18.5 Å². The third-order valence-electron chi connectivity index (χ3n) is 3.56. The van der Waals surface area contributed by atoms with E-state index in [9.17, 15) is 14.0 Å². The summed E-state index contributed by atoms with van der Waals surface area (Å²) in [6, 6.07) is 9.61. The normalized spacial score (nSPS) is 12.8. The molecule has 2 aromatic carbocycles. The highest BCUT2D eigenvalue weighted by Gasteiger charge is 2.17. The van der Waals surface area contributed by atoms with Gasteiger partial charge in [0.25, 0.3) is 11.8 Å². The van der Waals surface area contributed by atoms with Gasteiger partial charge in [-0.25, -0.2) is 4.39 Å². The highest BCUT2D eigenvalue weighted by atomic mass is 79.9. The second kappa shape index (κ2) is 7.00. The van der Waals surface area contributed by atoms with Gasteiger partial charge in [-0.05, 0) is 58.2 Å². The van der Waals surface area contributed by atoms with Crippen molar-refractivity contribution in [3.05, 3.63) is 57.8 Å². The molecule has 7 heteroatoms. The topological polar surface area (TPSA) is 67.4 Å². The van der Waals surface area contributed by atoms with Crippen LogP contribution in [-0.4, -0.2) is 25.0 Å². The Bertz CT molecular complexity index is 810. The fourth-order valence-corrected chi connectivity index (χ4v) is 2.76. The molecule has 1 aliphatic rings. The summed E-state index contributed by atoms with van der Waals surface area (Å²) < 4.78 is 18.9. The lowest BCUT2D eigenvalue weighted by molar-refractivity contribution is -0.118. The molecule has 0 aromatic heterocycles. The molecule has 1 aliphatic heterocycles. The molecule has 2 N–H and O–H groups in total. The fourth-order valence-electron chi connectivity index (χ4n) is 2.33. The first-order chi connectivity index (χ1) is 11.5. The largest absolute Gasteiger partial charge is 0.482 e. The maximum absolute atomic E-state index is 13.2. The Hall–Kier alpha value is -2.41. The summed E-state index contributed by atoms with van der Waals surface area (Å²) >= 11 is 3.14. The Kier molecular flexibility index (Phi) is 4.80. The first kappa shape index (κ1) is 16.4. The maximum atomic E-state index is 13.2. The first-order valence-corrected chi connectivity index (χ1v) is 8.11. The number of carbonyl (C=O) groups excluding carboxylic acids is 2. The molecule has 0 spiro atoms. The van der Waals surface area contributed by atoms with E-state index in [1.54, 1.807) is 30.3 Å². The van der Waals surface area contributed by atoms with Gasteiger partial charge in [0.2, 0.25) is 0 Å². The Balaban J connectivity index is 1.59. The van der Waals surface area contributed by atoms with E-state index in [-0.39, 0.29) is 24.2 Å². The summed E-state index contributed by atoms with van der Waals surface area (Å²) in [6.45, 7) is 0.364. The molecule has 2 aromatic rings. The van der Waals surface area contributed by atoms with Crippen LogP contribution in [0.4, 0.5) is 10.1 Å². The lowest BCUT2D eigenvalue weighted by Gasteiger charge is -2.18. The van der Waals surface area contributed by atoms with Gasteiger partial charge in [0.1, 0.15) is 11.6 Å². The SMILES string of the molecule is O=C1COc2cc(C(=O)NCCc3ccc(F)c(Br)c3)ccc2N1. The zero-order valence-corrected chi connectivity index (χ0v) is 14.2. The second-order valence-corrected chi connectivity index (χ2v) is 6.16. The summed E-state index contributed by atoms with van der Waals surface area (Å²) in [5, 5.41) is 5.48. The molecule has 124 valence electrons. The number of hydrogen-bond donors (Lipinski definition) is 2. The van der Waals surface area contributed by atoms with E-state index >= 15 is 0 Å². The molecule has 5 nitrogen and oxygen atoms in total. The predicted molar refractivity (Wildman–Crippen MR) is 90.7 cm³/mol. The molecule has 0 fully saturated rings. The van der Waals surface area contributed by atoms with Crippen molar-refractivity contribution >= 4 is 33.4 Å². The number of carbonyl (C=O) groups is 2. The van der Waals surface area contributed by atoms with Crippen molar-refractivity contribution in [3.8, 4) is 5.75 Å². The van der Waals surface area contributed by atoms with Crippen LogP contribution < -0.4 is 15.4 Å². The molecule has 0 saturated heterocycles. The Labute approximate surface area is 146 Å². The number of ether oxygens (including phenoxy) is 1. The van der Waals surface area contributed by atoms with E-state index in [1.807, 2.05) is 0 Å². The number of halogens is 2. The molecular formula is C17H14BrFN2O3. The summed E-state index contributed by atoms with van der Waals surface area (Å²) in [4.78, 5) is 23.4. The average molecular weight is 393 g/mol. The lowest BCUT2D eigenvalue weighted by Crippen LogP contribution is -2.27. The summed E-state index contributed by atoms with van der Waals surface area (Å²) in [5.74, 6) is -0.293. The molecule has 1 heterocycles. The fraction of sp³-hybridized carbons (Fsp3) is 0.176. The molecule has 0 atom stereocenters. The number of benzene rings is 2. The Morgan fingerprint density at radius 2 is 2.12 bits per heavy atom. The zero-order valence-electron chi connectivity index (χ0n) is 12.6. The molecular weight excluding hydrogens is 379 g/mol. The number of hydrogen-bond acceptors (Lipinski definition) is 3. The minimum Gasteiger partial charge on any atom is -0.482 e. The Morgan fingerprint density at radius 3 is 2.92 bits per heavy atom. The minimum atomic E-state index is -0.316. The standard InChI is InChI=1S/C17H14BrFN2O3/c18-12-7-10(1-3-13(12)19)5-6-20-17(23)11-2-4-14-15(8-11)24-9-16(22)21-14/h1-4,7-8H,5-6,9H2,(H,20,23)(H,21,22). The van der Waals surface area contributed by atoms with Crippen LogP contribution in [-0.2, 0) is 11.2 Å². The second-order valence-electron chi connectivity index (χ2n) is 5.30. The quantitative estimate of drug-likeness (QED) is 0.840. The third kappa shape index (κ3) is 3.73. The van der Waals surface area contributed by atoms with Crippen molar-refractivity contribution in [1.29, 1.82) is 0 Å². The van der Waals surface area contributed by atoms with Crippen LogP contribution in [0.2, 0.25) is 0 Å². The van der Waals surface area contributed by atoms with Gasteiger partial charge in [-0.1, -0.05) is 6.07 Å². The Morgan fingerprint density at radius 1 is 1.29 bits per heavy atom. The molecule has 24 heavy (non-hydrogen) atoms. The smallest absolute Gasteiger partial charge is 0.262 e. The van der Waals surface area contributed by atoms with E-state index in [4.69, 9.17) is 4.74 Å². The van der Waals surface area contributed by atoms with Gasteiger partial charge in [0.05, 0.1) is 10.2 Å². The van der Waals surface area contributed by atoms with Crippen molar-refractivity contribution < 1.29 is 18.7 Å². The number of fused-ring (bicyclic) bond motifs is 1. The number of rotatable bonds is 4. The summed E-state index contributed by atoms with van der Waals surface area (Å²) in [6.07, 6.45) is 0.585. The van der Waals surface area contributed by atoms with Gasteiger partial charge in [0, 0.05) is 12.1 Å². The van der Waals surface area contributed by atoms with E-state index in [0.29, 0.717) is 34.4 Å². The van der Waals surface area contributed by atoms with Gasteiger partial charge in [0.15, 0.2) is 6.61 Å². The molecule has 0 saturated carbocycles. The first-order valence-electron chi connectivity index (χ1n) is 7.32. The van der Waals surface area contributed by atoms with Gasteiger partial charge < -0.3 is 15.4 Å². The van der Waals surface area contributed by atoms with Crippen LogP contribution in [0.1, 0.15) is 15.9 Å². The van der Waals surface area contributed by atoms with Gasteiger partial charge in [-0.3, -0.25) is 9.59 Å². The monoisotopic (exact) mass is 392 g/mol. The molecule has 0 unspecified atom stereocenters. The zero-order chi connectivity index (χ0) is 17.1.